The second-order valence-corrected chi connectivity index (χ2v) is 3.16. The minimum absolute atomic E-state index is 0.546. The van der Waals surface area contributed by atoms with E-state index in [1.807, 2.05) is 13.8 Å². The summed E-state index contributed by atoms with van der Waals surface area (Å²) in [6.45, 7) is 16.2. The summed E-state index contributed by atoms with van der Waals surface area (Å²) in [5, 5.41) is 0. The predicted octanol–water partition coefficient (Wildman–Crippen LogP) is 3.72. The Hall–Kier alpha value is -0.780. The van der Waals surface area contributed by atoms with Crippen LogP contribution in [-0.4, -0.2) is 0 Å². The van der Waals surface area contributed by atoms with Gasteiger partial charge in [-0.1, -0.05) is 38.7 Å². The third-order valence-electron chi connectivity index (χ3n) is 1.80. The van der Waals surface area contributed by atoms with Crippen molar-refractivity contribution in [3.05, 3.63) is 36.0 Å². The number of rotatable bonds is 3. The third kappa shape index (κ3) is 2.75. The van der Waals surface area contributed by atoms with Crippen molar-refractivity contribution in [3.63, 3.8) is 0 Å². The Balaban J connectivity index is 4.55. The average Bonchev–Trinajstić information content (AvgIpc) is 1.88. The Morgan fingerprint density at radius 1 is 1.27 bits per heavy atom. The monoisotopic (exact) mass is 150 g/mol. The number of hydrogen-bond donors (Lipinski definition) is 0. The molecule has 0 atom stereocenters. The molecule has 0 aliphatic carbocycles. The van der Waals surface area contributed by atoms with Gasteiger partial charge in [-0.15, -0.1) is 0 Å². The quantitative estimate of drug-likeness (QED) is 0.538. The summed E-state index contributed by atoms with van der Waals surface area (Å²) in [6.07, 6.45) is 2.11. The van der Waals surface area contributed by atoms with Crippen LogP contribution in [0.5, 0.6) is 0 Å². The van der Waals surface area contributed by atoms with Crippen LogP contribution in [-0.2, 0) is 0 Å². The fourth-order valence-electron chi connectivity index (χ4n) is 1.10. The molecule has 0 nitrogen and oxygen atoms in total. The summed E-state index contributed by atoms with van der Waals surface area (Å²) in [4.78, 5) is 0. The SMILES string of the molecule is C=C(C)C(=C)/C(=C\C)C(C)C. The van der Waals surface area contributed by atoms with Crippen molar-refractivity contribution in [2.45, 2.75) is 27.7 Å². The number of hydrogen-bond acceptors (Lipinski definition) is 0. The second kappa shape index (κ2) is 4.17. The van der Waals surface area contributed by atoms with Gasteiger partial charge >= 0.3 is 0 Å². The van der Waals surface area contributed by atoms with Gasteiger partial charge in [0.1, 0.15) is 0 Å². The van der Waals surface area contributed by atoms with E-state index in [0.29, 0.717) is 5.92 Å². The van der Waals surface area contributed by atoms with Crippen LogP contribution >= 0.6 is 0 Å². The zero-order valence-electron chi connectivity index (χ0n) is 8.07. The molecule has 0 amide bonds. The van der Waals surface area contributed by atoms with E-state index in [4.69, 9.17) is 0 Å². The van der Waals surface area contributed by atoms with Gasteiger partial charge in [-0.05, 0) is 30.9 Å². The Labute approximate surface area is 70.3 Å². The lowest BCUT2D eigenvalue weighted by Crippen LogP contribution is -1.97. The maximum Gasteiger partial charge on any atom is -0.0216 e. The predicted molar refractivity (Wildman–Crippen MR) is 52.5 cm³/mol. The average molecular weight is 150 g/mol. The smallest absolute Gasteiger partial charge is 0.0216 e. The Morgan fingerprint density at radius 3 is 1.82 bits per heavy atom. The van der Waals surface area contributed by atoms with E-state index in [9.17, 15) is 0 Å². The first-order chi connectivity index (χ1) is 5.00. The normalized spacial score (nSPS) is 11.9. The molecule has 0 heteroatoms. The van der Waals surface area contributed by atoms with Gasteiger partial charge in [0.25, 0.3) is 0 Å². The maximum absolute atomic E-state index is 3.98. The first-order valence-electron chi connectivity index (χ1n) is 4.02. The Bertz CT molecular complexity index is 192. The van der Waals surface area contributed by atoms with Gasteiger partial charge in [0, 0.05) is 0 Å². The molecule has 0 aliphatic rings. The molecule has 0 saturated carbocycles. The molecule has 0 spiro atoms. The van der Waals surface area contributed by atoms with Crippen molar-refractivity contribution in [1.82, 2.24) is 0 Å². The van der Waals surface area contributed by atoms with E-state index >= 15 is 0 Å². The van der Waals surface area contributed by atoms with E-state index in [1.54, 1.807) is 0 Å². The molecular formula is C11H18. The lowest BCUT2D eigenvalue weighted by atomic mass is 9.92. The molecule has 0 heterocycles. The third-order valence-corrected chi connectivity index (χ3v) is 1.80. The van der Waals surface area contributed by atoms with Gasteiger partial charge in [-0.3, -0.25) is 0 Å². The minimum Gasteiger partial charge on any atom is -0.0955 e. The zero-order valence-corrected chi connectivity index (χ0v) is 8.07. The highest BCUT2D eigenvalue weighted by Crippen LogP contribution is 2.22. The molecular weight excluding hydrogens is 132 g/mol. The van der Waals surface area contributed by atoms with Crippen LogP contribution in [0, 0.1) is 5.92 Å². The molecule has 0 unspecified atom stereocenters. The Kier molecular flexibility index (Phi) is 3.88. The molecule has 0 aliphatic heterocycles. The van der Waals surface area contributed by atoms with E-state index in [1.165, 1.54) is 5.57 Å². The molecule has 0 rings (SSSR count). The van der Waals surface area contributed by atoms with Gasteiger partial charge in [-0.25, -0.2) is 0 Å². The highest BCUT2D eigenvalue weighted by Gasteiger charge is 2.05. The van der Waals surface area contributed by atoms with Gasteiger partial charge in [0.2, 0.25) is 0 Å². The van der Waals surface area contributed by atoms with E-state index in [-0.39, 0.29) is 0 Å². The van der Waals surface area contributed by atoms with Crippen LogP contribution < -0.4 is 0 Å². The highest BCUT2D eigenvalue weighted by atomic mass is 14.1. The summed E-state index contributed by atoms with van der Waals surface area (Å²) in [7, 11) is 0. The summed E-state index contributed by atoms with van der Waals surface area (Å²) in [5.41, 5.74) is 3.45. The van der Waals surface area contributed by atoms with Gasteiger partial charge in [-0.2, -0.15) is 0 Å². The van der Waals surface area contributed by atoms with Gasteiger partial charge in [0.15, 0.2) is 0 Å². The van der Waals surface area contributed by atoms with Gasteiger partial charge < -0.3 is 0 Å². The molecule has 62 valence electrons. The molecule has 0 aromatic carbocycles. The fraction of sp³-hybridized carbons (Fsp3) is 0.455. The van der Waals surface area contributed by atoms with Crippen molar-refractivity contribution in [2.24, 2.45) is 5.92 Å². The maximum atomic E-state index is 3.98. The molecule has 0 fully saturated rings. The topological polar surface area (TPSA) is 0 Å². The van der Waals surface area contributed by atoms with E-state index in [2.05, 4.69) is 33.1 Å². The summed E-state index contributed by atoms with van der Waals surface area (Å²) < 4.78 is 0. The fourth-order valence-corrected chi connectivity index (χ4v) is 1.10. The van der Waals surface area contributed by atoms with Crippen LogP contribution in [0.1, 0.15) is 27.7 Å². The molecule has 0 radical (unpaired) electrons. The van der Waals surface area contributed by atoms with Crippen molar-refractivity contribution in [2.75, 3.05) is 0 Å². The largest absolute Gasteiger partial charge is 0.0955 e. The van der Waals surface area contributed by atoms with E-state index in [0.717, 1.165) is 11.1 Å². The molecule has 0 bridgehead atoms. The van der Waals surface area contributed by atoms with Crippen molar-refractivity contribution in [1.29, 1.82) is 0 Å². The summed E-state index contributed by atoms with van der Waals surface area (Å²) in [6, 6.07) is 0. The summed E-state index contributed by atoms with van der Waals surface area (Å²) >= 11 is 0. The van der Waals surface area contributed by atoms with Crippen molar-refractivity contribution < 1.29 is 0 Å². The molecule has 0 N–H and O–H groups in total. The van der Waals surface area contributed by atoms with Crippen LogP contribution in [0.3, 0.4) is 0 Å². The van der Waals surface area contributed by atoms with E-state index < -0.39 is 0 Å². The molecule has 0 saturated heterocycles. The van der Waals surface area contributed by atoms with Crippen LogP contribution in [0.2, 0.25) is 0 Å². The van der Waals surface area contributed by atoms with Crippen LogP contribution in [0.4, 0.5) is 0 Å². The van der Waals surface area contributed by atoms with Crippen molar-refractivity contribution in [3.8, 4) is 0 Å². The lowest BCUT2D eigenvalue weighted by molar-refractivity contribution is 0.779. The van der Waals surface area contributed by atoms with Crippen LogP contribution in [0.25, 0.3) is 0 Å². The highest BCUT2D eigenvalue weighted by molar-refractivity contribution is 5.42. The lowest BCUT2D eigenvalue weighted by Gasteiger charge is -2.13. The first-order valence-corrected chi connectivity index (χ1v) is 4.02. The second-order valence-electron chi connectivity index (χ2n) is 3.16. The summed E-state index contributed by atoms with van der Waals surface area (Å²) in [5.74, 6) is 0.546. The molecule has 0 aromatic rings. The van der Waals surface area contributed by atoms with Gasteiger partial charge in [0.05, 0.1) is 0 Å². The first kappa shape index (κ1) is 10.2. The molecule has 11 heavy (non-hydrogen) atoms. The standard InChI is InChI=1S/C11H18/c1-7-11(9(4)5)10(6)8(2)3/h7,9H,2,6H2,1,3-5H3/b11-7-. The molecule has 0 aromatic heterocycles. The zero-order chi connectivity index (χ0) is 9.02. The number of allylic oxidation sites excluding steroid dienone is 4. The van der Waals surface area contributed by atoms with Crippen molar-refractivity contribution >= 4 is 0 Å². The minimum atomic E-state index is 0.546. The van der Waals surface area contributed by atoms with Crippen LogP contribution in [0.15, 0.2) is 36.0 Å². The Morgan fingerprint density at radius 2 is 1.73 bits per heavy atom.